The molecule has 8 nitrogen and oxygen atoms in total. The van der Waals surface area contributed by atoms with E-state index >= 15 is 0 Å². The fraction of sp³-hybridized carbons (Fsp3) is 0.258. The number of pyridine rings is 1. The van der Waals surface area contributed by atoms with Gasteiger partial charge in [0.05, 0.1) is 0 Å². The molecule has 3 N–H and O–H groups in total. The van der Waals surface area contributed by atoms with E-state index in [2.05, 4.69) is 110 Å². The van der Waals surface area contributed by atoms with E-state index in [0.29, 0.717) is 34.2 Å². The average molecular weight is 519 g/mol. The SMILES string of the molecule is C=C(C)c1n[nH]c(/N=N/c2c(C)cc(Nc3c(C)cc(C)cc3C)nc2Nc2c(C)cc(C)cc2C)c1C#N. The van der Waals surface area contributed by atoms with Crippen molar-refractivity contribution in [3.8, 4) is 6.07 Å². The van der Waals surface area contributed by atoms with Crippen LogP contribution in [0.1, 0.15) is 57.1 Å². The number of azo groups is 1. The third-order valence-electron chi connectivity index (χ3n) is 6.55. The van der Waals surface area contributed by atoms with Crippen LogP contribution in [-0.4, -0.2) is 15.2 Å². The maximum atomic E-state index is 9.67. The molecule has 0 unspecified atom stereocenters. The number of rotatable bonds is 7. The highest BCUT2D eigenvalue weighted by Crippen LogP contribution is 2.37. The van der Waals surface area contributed by atoms with Crippen LogP contribution in [0.3, 0.4) is 0 Å². The monoisotopic (exact) mass is 518 g/mol. The van der Waals surface area contributed by atoms with Gasteiger partial charge in [-0.25, -0.2) is 4.98 Å². The van der Waals surface area contributed by atoms with Crippen molar-refractivity contribution in [2.24, 2.45) is 10.2 Å². The fourth-order valence-corrected chi connectivity index (χ4v) is 4.86. The third-order valence-corrected chi connectivity index (χ3v) is 6.55. The Bertz CT molecular complexity index is 1620. The van der Waals surface area contributed by atoms with Crippen molar-refractivity contribution < 1.29 is 0 Å². The standard InChI is InChI=1S/C31H34N8/c1-16(2)26-24(15-32)30(38-36-26)39-37-29-23(9)14-25(33-27-19(5)10-17(3)11-20(27)6)34-31(29)35-28-21(7)12-18(4)13-22(28)8/h10-14H,1H2,2-9H3,(H,36,38)(H2,33,34,35)/b39-37+. The number of nitriles is 1. The molecular formula is C31H34N8. The van der Waals surface area contributed by atoms with Crippen LogP contribution in [0.25, 0.3) is 5.57 Å². The molecular weight excluding hydrogens is 484 g/mol. The molecule has 0 saturated carbocycles. The van der Waals surface area contributed by atoms with Crippen molar-refractivity contribution in [3.05, 3.63) is 87.1 Å². The first-order chi connectivity index (χ1) is 18.5. The number of anilines is 4. The van der Waals surface area contributed by atoms with Crippen LogP contribution in [0.15, 0.2) is 47.1 Å². The minimum atomic E-state index is 0.275. The van der Waals surface area contributed by atoms with E-state index in [0.717, 1.165) is 39.2 Å². The predicted octanol–water partition coefficient (Wildman–Crippen LogP) is 8.77. The number of aromatic amines is 1. The zero-order chi connectivity index (χ0) is 28.4. The van der Waals surface area contributed by atoms with Crippen LogP contribution in [0, 0.1) is 59.8 Å². The molecule has 4 rings (SSSR count). The summed E-state index contributed by atoms with van der Waals surface area (Å²) in [6.07, 6.45) is 0. The van der Waals surface area contributed by atoms with Gasteiger partial charge >= 0.3 is 0 Å². The zero-order valence-corrected chi connectivity index (χ0v) is 23.8. The quantitative estimate of drug-likeness (QED) is 0.212. The highest BCUT2D eigenvalue weighted by Gasteiger charge is 2.17. The van der Waals surface area contributed by atoms with Crippen molar-refractivity contribution in [1.82, 2.24) is 15.2 Å². The van der Waals surface area contributed by atoms with Gasteiger partial charge in [0.25, 0.3) is 0 Å². The minimum absolute atomic E-state index is 0.275. The molecule has 39 heavy (non-hydrogen) atoms. The number of aryl methyl sites for hydroxylation is 7. The molecule has 0 aliphatic carbocycles. The maximum absolute atomic E-state index is 9.67. The van der Waals surface area contributed by atoms with Gasteiger partial charge in [-0.2, -0.15) is 10.4 Å². The summed E-state index contributed by atoms with van der Waals surface area (Å²) < 4.78 is 0. The van der Waals surface area contributed by atoms with Crippen molar-refractivity contribution in [2.45, 2.75) is 55.4 Å². The molecule has 2 heterocycles. The molecule has 198 valence electrons. The zero-order valence-electron chi connectivity index (χ0n) is 23.8. The lowest BCUT2D eigenvalue weighted by molar-refractivity contribution is 1.04. The maximum Gasteiger partial charge on any atom is 0.189 e. The highest BCUT2D eigenvalue weighted by atomic mass is 15.3. The van der Waals surface area contributed by atoms with Crippen molar-refractivity contribution in [1.29, 1.82) is 5.26 Å². The van der Waals surface area contributed by atoms with E-state index in [9.17, 15) is 5.26 Å². The second kappa shape index (κ2) is 10.9. The van der Waals surface area contributed by atoms with Gasteiger partial charge in [0, 0.05) is 11.4 Å². The summed E-state index contributed by atoms with van der Waals surface area (Å²) in [4.78, 5) is 4.94. The molecule has 0 amide bonds. The van der Waals surface area contributed by atoms with E-state index < -0.39 is 0 Å². The average Bonchev–Trinajstić information content (AvgIpc) is 3.26. The first-order valence-corrected chi connectivity index (χ1v) is 12.8. The van der Waals surface area contributed by atoms with E-state index in [1.807, 2.05) is 13.0 Å². The van der Waals surface area contributed by atoms with E-state index in [1.165, 1.54) is 11.1 Å². The minimum Gasteiger partial charge on any atom is -0.340 e. The Kier molecular flexibility index (Phi) is 7.63. The number of aromatic nitrogens is 3. The van der Waals surface area contributed by atoms with Crippen molar-refractivity contribution in [2.75, 3.05) is 10.6 Å². The van der Waals surface area contributed by atoms with E-state index in [1.54, 1.807) is 6.92 Å². The van der Waals surface area contributed by atoms with Crippen LogP contribution in [0.4, 0.5) is 34.5 Å². The number of hydrogen-bond acceptors (Lipinski definition) is 7. The Hall–Kier alpha value is -4.77. The smallest absolute Gasteiger partial charge is 0.189 e. The van der Waals surface area contributed by atoms with Gasteiger partial charge in [-0.3, -0.25) is 5.10 Å². The number of hydrogen-bond donors (Lipinski definition) is 3. The summed E-state index contributed by atoms with van der Waals surface area (Å²) in [5, 5.41) is 32.6. The van der Waals surface area contributed by atoms with Gasteiger partial charge in [-0.05, 0) is 94.8 Å². The Labute approximate surface area is 229 Å². The van der Waals surface area contributed by atoms with Gasteiger partial charge in [-0.15, -0.1) is 10.2 Å². The second-order valence-electron chi connectivity index (χ2n) is 10.2. The lowest BCUT2D eigenvalue weighted by atomic mass is 10.0. The van der Waals surface area contributed by atoms with Crippen LogP contribution >= 0.6 is 0 Å². The molecule has 8 heteroatoms. The Morgan fingerprint density at radius 1 is 0.821 bits per heavy atom. The van der Waals surface area contributed by atoms with Crippen LogP contribution in [-0.2, 0) is 0 Å². The van der Waals surface area contributed by atoms with Crippen LogP contribution < -0.4 is 10.6 Å². The van der Waals surface area contributed by atoms with Gasteiger partial charge in [0.15, 0.2) is 11.6 Å². The third kappa shape index (κ3) is 5.73. The molecule has 0 spiro atoms. The number of benzene rings is 2. The molecule has 2 aromatic heterocycles. The second-order valence-corrected chi connectivity index (χ2v) is 10.2. The van der Waals surface area contributed by atoms with E-state index in [4.69, 9.17) is 4.98 Å². The Morgan fingerprint density at radius 3 is 1.87 bits per heavy atom. The summed E-state index contributed by atoms with van der Waals surface area (Å²) in [6, 6.07) is 12.7. The summed E-state index contributed by atoms with van der Waals surface area (Å²) >= 11 is 0. The molecule has 0 radical (unpaired) electrons. The number of nitrogens with one attached hydrogen (secondary N) is 3. The number of allylic oxidation sites excluding steroid dienone is 1. The topological polar surface area (TPSA) is 114 Å². The van der Waals surface area contributed by atoms with Crippen molar-refractivity contribution in [3.63, 3.8) is 0 Å². The Morgan fingerprint density at radius 2 is 1.36 bits per heavy atom. The fourth-order valence-electron chi connectivity index (χ4n) is 4.86. The molecule has 4 aromatic rings. The van der Waals surface area contributed by atoms with Gasteiger partial charge < -0.3 is 10.6 Å². The molecule has 2 aromatic carbocycles. The summed E-state index contributed by atoms with van der Waals surface area (Å²) in [5.74, 6) is 1.52. The number of nitrogens with zero attached hydrogens (tertiary/aromatic N) is 5. The lowest BCUT2D eigenvalue weighted by Crippen LogP contribution is -2.04. The van der Waals surface area contributed by atoms with Crippen LogP contribution in [0.5, 0.6) is 0 Å². The molecule has 0 aliphatic rings. The number of H-pyrrole nitrogens is 1. The Balaban J connectivity index is 1.83. The first-order valence-electron chi connectivity index (χ1n) is 12.8. The molecule has 0 aliphatic heterocycles. The summed E-state index contributed by atoms with van der Waals surface area (Å²) in [5.41, 5.74) is 11.8. The van der Waals surface area contributed by atoms with Crippen molar-refractivity contribution >= 4 is 40.1 Å². The normalized spacial score (nSPS) is 11.1. The van der Waals surface area contributed by atoms with Gasteiger partial charge in [0.1, 0.15) is 28.8 Å². The lowest BCUT2D eigenvalue weighted by Gasteiger charge is -2.18. The first kappa shape index (κ1) is 27.3. The van der Waals surface area contributed by atoms with Gasteiger partial charge in [-0.1, -0.05) is 42.0 Å². The van der Waals surface area contributed by atoms with Gasteiger partial charge in [0.2, 0.25) is 0 Å². The predicted molar refractivity (Wildman–Crippen MR) is 159 cm³/mol. The molecule has 0 bridgehead atoms. The van der Waals surface area contributed by atoms with E-state index in [-0.39, 0.29) is 5.82 Å². The molecule has 0 fully saturated rings. The largest absolute Gasteiger partial charge is 0.340 e. The summed E-state index contributed by atoms with van der Waals surface area (Å²) in [7, 11) is 0. The molecule has 0 atom stereocenters. The van der Waals surface area contributed by atoms with Crippen LogP contribution in [0.2, 0.25) is 0 Å². The summed E-state index contributed by atoms with van der Waals surface area (Å²) in [6.45, 7) is 20.1. The highest BCUT2D eigenvalue weighted by molar-refractivity contribution is 5.78. The molecule has 0 saturated heterocycles.